The van der Waals surface area contributed by atoms with Crippen molar-refractivity contribution >= 4 is 17.4 Å². The lowest BCUT2D eigenvalue weighted by Crippen LogP contribution is -2.25. The summed E-state index contributed by atoms with van der Waals surface area (Å²) in [6, 6.07) is 5.81. The molecule has 0 aliphatic carbocycles. The van der Waals surface area contributed by atoms with Gasteiger partial charge in [0.1, 0.15) is 17.2 Å². The SMILES string of the molecule is C=C/N=C1/NN=C(Nc2ccc(F)cc2)C1=C(N)N. The van der Waals surface area contributed by atoms with Crippen LogP contribution < -0.4 is 22.2 Å². The normalized spacial score (nSPS) is 15.9. The fourth-order valence-electron chi connectivity index (χ4n) is 1.55. The Morgan fingerprint density at radius 2 is 2.05 bits per heavy atom. The van der Waals surface area contributed by atoms with E-state index in [1.807, 2.05) is 0 Å². The summed E-state index contributed by atoms with van der Waals surface area (Å²) < 4.78 is 12.8. The van der Waals surface area contributed by atoms with Gasteiger partial charge in [-0.25, -0.2) is 9.38 Å². The van der Waals surface area contributed by atoms with Crippen molar-refractivity contribution in [1.29, 1.82) is 0 Å². The molecular formula is C12H13FN6. The van der Waals surface area contributed by atoms with Crippen molar-refractivity contribution in [3.8, 4) is 0 Å². The molecular weight excluding hydrogens is 247 g/mol. The quantitative estimate of drug-likeness (QED) is 0.632. The maximum absolute atomic E-state index is 12.8. The van der Waals surface area contributed by atoms with E-state index in [1.54, 1.807) is 12.1 Å². The monoisotopic (exact) mass is 260 g/mol. The Labute approximate surface area is 109 Å². The number of nitrogens with zero attached hydrogens (tertiary/aromatic N) is 2. The molecule has 0 unspecified atom stereocenters. The molecule has 1 heterocycles. The number of hydrogen-bond acceptors (Lipinski definition) is 5. The highest BCUT2D eigenvalue weighted by molar-refractivity contribution is 6.30. The van der Waals surface area contributed by atoms with E-state index in [0.29, 0.717) is 22.9 Å². The zero-order chi connectivity index (χ0) is 13.8. The summed E-state index contributed by atoms with van der Waals surface area (Å²) in [6.07, 6.45) is 1.35. The first-order chi connectivity index (χ1) is 9.11. The first-order valence-electron chi connectivity index (χ1n) is 5.42. The van der Waals surface area contributed by atoms with Gasteiger partial charge in [-0.05, 0) is 24.3 Å². The molecule has 0 aromatic heterocycles. The van der Waals surface area contributed by atoms with E-state index in [0.717, 1.165) is 0 Å². The van der Waals surface area contributed by atoms with Gasteiger partial charge >= 0.3 is 0 Å². The van der Waals surface area contributed by atoms with Crippen LogP contribution in [0, 0.1) is 5.82 Å². The van der Waals surface area contributed by atoms with E-state index >= 15 is 0 Å². The Hall–Kier alpha value is -2.83. The Balaban J connectivity index is 2.26. The molecule has 2 rings (SSSR count). The molecule has 0 fully saturated rings. The number of anilines is 1. The summed E-state index contributed by atoms with van der Waals surface area (Å²) in [7, 11) is 0. The lowest BCUT2D eigenvalue weighted by atomic mass is 10.2. The van der Waals surface area contributed by atoms with Crippen LogP contribution in [-0.4, -0.2) is 11.7 Å². The smallest absolute Gasteiger partial charge is 0.165 e. The van der Waals surface area contributed by atoms with Gasteiger partial charge in [0.2, 0.25) is 0 Å². The minimum Gasteiger partial charge on any atom is -0.385 e. The topological polar surface area (TPSA) is 101 Å². The summed E-state index contributed by atoms with van der Waals surface area (Å²) in [5.41, 5.74) is 15.0. The van der Waals surface area contributed by atoms with Crippen molar-refractivity contribution in [3.63, 3.8) is 0 Å². The Bertz CT molecular complexity index is 581. The second kappa shape index (κ2) is 5.21. The lowest BCUT2D eigenvalue weighted by Gasteiger charge is -2.07. The van der Waals surface area contributed by atoms with E-state index in [-0.39, 0.29) is 11.6 Å². The van der Waals surface area contributed by atoms with Crippen molar-refractivity contribution < 1.29 is 4.39 Å². The van der Waals surface area contributed by atoms with Crippen LogP contribution >= 0.6 is 0 Å². The molecule has 0 amide bonds. The van der Waals surface area contributed by atoms with Crippen molar-refractivity contribution in [3.05, 3.63) is 54.3 Å². The van der Waals surface area contributed by atoms with Crippen molar-refractivity contribution in [2.45, 2.75) is 0 Å². The van der Waals surface area contributed by atoms with Gasteiger partial charge in [0, 0.05) is 11.9 Å². The highest BCUT2D eigenvalue weighted by Gasteiger charge is 2.23. The molecule has 6 nitrogen and oxygen atoms in total. The first-order valence-corrected chi connectivity index (χ1v) is 5.42. The zero-order valence-corrected chi connectivity index (χ0v) is 10.0. The predicted octanol–water partition coefficient (Wildman–Crippen LogP) is 0.825. The second-order valence-corrected chi connectivity index (χ2v) is 3.69. The lowest BCUT2D eigenvalue weighted by molar-refractivity contribution is 0.628. The predicted molar refractivity (Wildman–Crippen MR) is 73.6 cm³/mol. The molecule has 0 radical (unpaired) electrons. The summed E-state index contributed by atoms with van der Waals surface area (Å²) in [5, 5.41) is 7.00. The van der Waals surface area contributed by atoms with Crippen LogP contribution in [-0.2, 0) is 0 Å². The molecule has 1 aromatic rings. The van der Waals surface area contributed by atoms with Crippen LogP contribution in [0.3, 0.4) is 0 Å². The molecule has 1 aliphatic heterocycles. The number of hydrazone groups is 1. The summed E-state index contributed by atoms with van der Waals surface area (Å²) >= 11 is 0. The number of amidine groups is 2. The standard InChI is InChI=1S/C12H13FN6/c1-2-16-11-9(10(14)15)12(19-18-11)17-8-5-3-7(13)4-6-8/h2-6H,1,14-15H2,(H,16,18)(H,17,19). The van der Waals surface area contributed by atoms with Gasteiger partial charge in [-0.15, -0.1) is 0 Å². The third-order valence-electron chi connectivity index (χ3n) is 2.36. The fourth-order valence-corrected chi connectivity index (χ4v) is 1.55. The largest absolute Gasteiger partial charge is 0.385 e. The average Bonchev–Trinajstić information content (AvgIpc) is 2.76. The van der Waals surface area contributed by atoms with Gasteiger partial charge in [-0.1, -0.05) is 6.58 Å². The highest BCUT2D eigenvalue weighted by Crippen LogP contribution is 2.14. The molecule has 1 aliphatic rings. The molecule has 0 saturated carbocycles. The maximum atomic E-state index is 12.8. The maximum Gasteiger partial charge on any atom is 0.165 e. The first kappa shape index (κ1) is 12.6. The van der Waals surface area contributed by atoms with Crippen LogP contribution in [0.15, 0.2) is 58.5 Å². The summed E-state index contributed by atoms with van der Waals surface area (Å²) in [4.78, 5) is 3.97. The highest BCUT2D eigenvalue weighted by atomic mass is 19.1. The van der Waals surface area contributed by atoms with Gasteiger partial charge in [0.15, 0.2) is 11.7 Å². The minimum atomic E-state index is -0.319. The fraction of sp³-hybridized carbons (Fsp3) is 0. The van der Waals surface area contributed by atoms with E-state index in [2.05, 4.69) is 27.4 Å². The van der Waals surface area contributed by atoms with E-state index in [1.165, 1.54) is 18.3 Å². The number of hydrogen-bond donors (Lipinski definition) is 4. The van der Waals surface area contributed by atoms with Crippen LogP contribution in [0.5, 0.6) is 0 Å². The number of nitrogens with two attached hydrogens (primary N) is 2. The average molecular weight is 260 g/mol. The third kappa shape index (κ3) is 2.71. The molecule has 19 heavy (non-hydrogen) atoms. The molecule has 0 spiro atoms. The van der Waals surface area contributed by atoms with Gasteiger partial charge in [-0.3, -0.25) is 5.43 Å². The van der Waals surface area contributed by atoms with Crippen molar-refractivity contribution in [2.24, 2.45) is 21.6 Å². The van der Waals surface area contributed by atoms with Crippen LogP contribution in [0.1, 0.15) is 0 Å². The molecule has 0 bridgehead atoms. The molecule has 0 atom stereocenters. The summed E-state index contributed by atoms with van der Waals surface area (Å²) in [5.74, 6) is 0.561. The third-order valence-corrected chi connectivity index (χ3v) is 2.36. The Kier molecular flexibility index (Phi) is 3.46. The zero-order valence-electron chi connectivity index (χ0n) is 10.0. The second-order valence-electron chi connectivity index (χ2n) is 3.69. The van der Waals surface area contributed by atoms with Gasteiger partial charge in [-0.2, -0.15) is 5.10 Å². The van der Waals surface area contributed by atoms with Crippen molar-refractivity contribution in [2.75, 3.05) is 5.32 Å². The molecule has 7 heteroatoms. The Morgan fingerprint density at radius 3 is 2.63 bits per heavy atom. The van der Waals surface area contributed by atoms with E-state index in [9.17, 15) is 4.39 Å². The van der Waals surface area contributed by atoms with Crippen LogP contribution in [0.2, 0.25) is 0 Å². The van der Waals surface area contributed by atoms with E-state index in [4.69, 9.17) is 11.5 Å². The van der Waals surface area contributed by atoms with Gasteiger partial charge < -0.3 is 16.8 Å². The van der Waals surface area contributed by atoms with Gasteiger partial charge in [0.05, 0.1) is 0 Å². The van der Waals surface area contributed by atoms with E-state index < -0.39 is 0 Å². The molecule has 6 N–H and O–H groups in total. The van der Waals surface area contributed by atoms with Gasteiger partial charge in [0.25, 0.3) is 0 Å². The van der Waals surface area contributed by atoms with Crippen molar-refractivity contribution in [1.82, 2.24) is 5.43 Å². The molecule has 0 saturated heterocycles. The molecule has 1 aromatic carbocycles. The summed E-state index contributed by atoms with van der Waals surface area (Å²) in [6.45, 7) is 3.49. The van der Waals surface area contributed by atoms with Crippen LogP contribution in [0.25, 0.3) is 0 Å². The number of benzene rings is 1. The Morgan fingerprint density at radius 1 is 1.37 bits per heavy atom. The van der Waals surface area contributed by atoms with Crippen LogP contribution in [0.4, 0.5) is 10.1 Å². The number of aliphatic imine (C=N–C) groups is 1. The number of rotatable bonds is 2. The minimum absolute atomic E-state index is 0.0685. The number of halogens is 1. The molecule has 98 valence electrons. The number of nitrogens with one attached hydrogen (secondary N) is 2.